The number of nitrogens with zero attached hydrogens (tertiary/aromatic N) is 8. The molecule has 48 heavy (non-hydrogen) atoms. The normalized spacial score (nSPS) is 26.6. The summed E-state index contributed by atoms with van der Waals surface area (Å²) in [7, 11) is 0. The zero-order chi connectivity index (χ0) is 33.0. The summed E-state index contributed by atoms with van der Waals surface area (Å²) >= 11 is 0. The van der Waals surface area contributed by atoms with E-state index in [2.05, 4.69) is 80.4 Å². The Morgan fingerprint density at radius 3 is 1.75 bits per heavy atom. The van der Waals surface area contributed by atoms with Crippen LogP contribution in [0.2, 0.25) is 0 Å². The lowest BCUT2D eigenvalue weighted by atomic mass is 9.79. The number of nitrogens with one attached hydrogen (secondary N) is 3. The molecule has 0 spiro atoms. The second kappa shape index (κ2) is 12.1. The Kier molecular flexibility index (Phi) is 7.77. The van der Waals surface area contributed by atoms with Crippen molar-refractivity contribution in [3.63, 3.8) is 0 Å². The van der Waals surface area contributed by atoms with E-state index in [0.717, 1.165) is 103 Å². The van der Waals surface area contributed by atoms with Crippen LogP contribution >= 0.6 is 0 Å². The van der Waals surface area contributed by atoms with Gasteiger partial charge in [-0.15, -0.1) is 20.4 Å². The minimum absolute atomic E-state index is 0.105. The standard InChI is InChI=1S/C28H32N10O.C6H11NO2/c1-3-15-9-17(11-19(15)27-35-33-23-13-31-25-21(37(23)27)5-7-29-25)39-18-10-16(4-2)20(12-18)28-36-34-24-14-32-26-22(38(24)28)6-8-30-26;1-6(3-2-4-6)7-5(8)9/h5-8,13-20,29-30H,3-4,9-12H2,1-2H3;7H,2-4H2,1H3,(H,8,9)/t15-,16-,17+,18+,19+,20+;/m1./s1. The van der Waals surface area contributed by atoms with Gasteiger partial charge in [-0.05, 0) is 75.8 Å². The van der Waals surface area contributed by atoms with Crippen LogP contribution in [0.15, 0.2) is 36.9 Å². The Morgan fingerprint density at radius 1 is 0.854 bits per heavy atom. The first kappa shape index (κ1) is 30.7. The van der Waals surface area contributed by atoms with E-state index >= 15 is 0 Å². The smallest absolute Gasteiger partial charge is 0.405 e. The van der Waals surface area contributed by atoms with Crippen LogP contribution in [0.4, 0.5) is 4.79 Å². The van der Waals surface area contributed by atoms with Crippen molar-refractivity contribution in [1.29, 1.82) is 0 Å². The lowest BCUT2D eigenvalue weighted by Gasteiger charge is -2.37. The van der Waals surface area contributed by atoms with Crippen molar-refractivity contribution in [3.8, 4) is 0 Å². The van der Waals surface area contributed by atoms with Crippen LogP contribution in [0.25, 0.3) is 33.6 Å². The summed E-state index contributed by atoms with van der Waals surface area (Å²) in [5.74, 6) is 3.71. The molecule has 14 heteroatoms. The number of rotatable bonds is 7. The largest absolute Gasteiger partial charge is 0.465 e. The number of carbonyl (C=O) groups is 1. The third kappa shape index (κ3) is 5.35. The highest BCUT2D eigenvalue weighted by Gasteiger charge is 2.43. The van der Waals surface area contributed by atoms with Gasteiger partial charge in [0, 0.05) is 29.8 Å². The van der Waals surface area contributed by atoms with Gasteiger partial charge in [0.15, 0.2) is 22.6 Å². The minimum atomic E-state index is -0.905. The molecule has 0 aromatic carbocycles. The van der Waals surface area contributed by atoms with Gasteiger partial charge in [-0.2, -0.15) is 0 Å². The fraction of sp³-hybridized carbons (Fsp3) is 0.559. The molecule has 252 valence electrons. The van der Waals surface area contributed by atoms with Gasteiger partial charge in [0.2, 0.25) is 0 Å². The Morgan fingerprint density at radius 2 is 1.35 bits per heavy atom. The first-order valence-corrected chi connectivity index (χ1v) is 17.3. The van der Waals surface area contributed by atoms with Gasteiger partial charge in [-0.3, -0.25) is 8.80 Å². The van der Waals surface area contributed by atoms with E-state index in [9.17, 15) is 4.79 Å². The van der Waals surface area contributed by atoms with Gasteiger partial charge in [0.1, 0.15) is 11.6 Å². The molecule has 6 heterocycles. The number of hydrogen-bond acceptors (Lipinski definition) is 8. The molecule has 3 saturated carbocycles. The summed E-state index contributed by atoms with van der Waals surface area (Å²) in [6, 6.07) is 4.11. The molecule has 0 radical (unpaired) electrons. The van der Waals surface area contributed by atoms with Crippen LogP contribution in [0.1, 0.15) is 102 Å². The third-order valence-corrected chi connectivity index (χ3v) is 11.2. The number of aromatic nitrogens is 10. The maximum Gasteiger partial charge on any atom is 0.405 e. The van der Waals surface area contributed by atoms with Gasteiger partial charge in [-0.25, -0.2) is 14.8 Å². The van der Waals surface area contributed by atoms with Crippen molar-refractivity contribution in [2.24, 2.45) is 11.8 Å². The first-order chi connectivity index (χ1) is 23.3. The van der Waals surface area contributed by atoms with Gasteiger partial charge in [-0.1, -0.05) is 26.7 Å². The molecule has 6 aromatic rings. The van der Waals surface area contributed by atoms with Crippen molar-refractivity contribution in [3.05, 3.63) is 48.6 Å². The molecular weight excluding hydrogens is 610 g/mol. The highest BCUT2D eigenvalue weighted by Crippen LogP contribution is 2.47. The molecule has 14 nitrogen and oxygen atoms in total. The molecule has 3 fully saturated rings. The zero-order valence-corrected chi connectivity index (χ0v) is 27.6. The maximum absolute atomic E-state index is 10.1. The SMILES string of the molecule is CC1(NC(=O)O)CCC1.CC[C@@H]1C[C@H](O[C@H]2C[C@@H](CC)[C@@H](c3nnc4cnc5[nH]ccc5n34)C2)C[C@@H]1c1nnc2cnc3[nH]ccc3n12. The number of hydrogen-bond donors (Lipinski definition) is 4. The van der Waals surface area contributed by atoms with E-state index in [-0.39, 0.29) is 17.7 Å². The molecule has 4 N–H and O–H groups in total. The van der Waals surface area contributed by atoms with Crippen LogP contribution in [0.3, 0.4) is 0 Å². The van der Waals surface area contributed by atoms with Crippen molar-refractivity contribution < 1.29 is 14.6 Å². The third-order valence-electron chi connectivity index (χ3n) is 11.2. The topological polar surface area (TPSA) is 176 Å². The van der Waals surface area contributed by atoms with Crippen LogP contribution in [-0.4, -0.2) is 78.1 Å². The fourth-order valence-electron chi connectivity index (χ4n) is 8.54. The second-order valence-electron chi connectivity index (χ2n) is 14.2. The van der Waals surface area contributed by atoms with E-state index < -0.39 is 6.09 Å². The monoisotopic (exact) mass is 653 g/mol. The van der Waals surface area contributed by atoms with E-state index in [0.29, 0.717) is 23.7 Å². The van der Waals surface area contributed by atoms with E-state index in [4.69, 9.17) is 9.84 Å². The molecule has 6 aromatic heterocycles. The summed E-state index contributed by atoms with van der Waals surface area (Å²) < 4.78 is 11.3. The Hall–Kier alpha value is -4.59. The number of fused-ring (bicyclic) bond motifs is 6. The van der Waals surface area contributed by atoms with Crippen molar-refractivity contribution in [2.45, 2.75) is 108 Å². The molecular formula is C34H43N11O3. The van der Waals surface area contributed by atoms with Crippen LogP contribution in [0, 0.1) is 11.8 Å². The van der Waals surface area contributed by atoms with Crippen LogP contribution < -0.4 is 5.32 Å². The average Bonchev–Trinajstić information content (AvgIpc) is 3.90. The van der Waals surface area contributed by atoms with E-state index in [1.54, 1.807) is 12.4 Å². The number of aromatic amines is 2. The van der Waals surface area contributed by atoms with Gasteiger partial charge in [0.05, 0.1) is 35.6 Å². The summed E-state index contributed by atoms with van der Waals surface area (Å²) in [5, 5.41) is 29.0. The van der Waals surface area contributed by atoms with Gasteiger partial charge in [0.25, 0.3) is 0 Å². The molecule has 1 amide bonds. The summed E-state index contributed by atoms with van der Waals surface area (Å²) in [6.07, 6.45) is 16.3. The summed E-state index contributed by atoms with van der Waals surface area (Å²) in [4.78, 5) is 25.5. The molecule has 3 aliphatic carbocycles. The Labute approximate surface area is 277 Å². The molecule has 0 bridgehead atoms. The van der Waals surface area contributed by atoms with Gasteiger partial charge >= 0.3 is 6.09 Å². The molecule has 9 rings (SSSR count). The maximum atomic E-state index is 10.1. The molecule has 6 atom stereocenters. The van der Waals surface area contributed by atoms with Crippen molar-refractivity contribution >= 4 is 39.7 Å². The lowest BCUT2D eigenvalue weighted by Crippen LogP contribution is -2.50. The lowest BCUT2D eigenvalue weighted by molar-refractivity contribution is -0.00877. The summed E-state index contributed by atoms with van der Waals surface area (Å²) in [5.41, 5.74) is 5.27. The average molecular weight is 654 g/mol. The highest BCUT2D eigenvalue weighted by molar-refractivity contribution is 5.75. The van der Waals surface area contributed by atoms with Gasteiger partial charge < -0.3 is 25.1 Å². The van der Waals surface area contributed by atoms with E-state index in [1.165, 1.54) is 0 Å². The fourth-order valence-corrected chi connectivity index (χ4v) is 8.54. The molecule has 0 unspecified atom stereocenters. The zero-order valence-electron chi connectivity index (χ0n) is 27.6. The highest BCUT2D eigenvalue weighted by atomic mass is 16.5. The van der Waals surface area contributed by atoms with Crippen LogP contribution in [0.5, 0.6) is 0 Å². The van der Waals surface area contributed by atoms with Crippen molar-refractivity contribution in [2.75, 3.05) is 0 Å². The van der Waals surface area contributed by atoms with Crippen molar-refractivity contribution in [1.82, 2.24) is 54.4 Å². The molecule has 3 aliphatic rings. The van der Waals surface area contributed by atoms with Crippen LogP contribution in [-0.2, 0) is 4.74 Å². The minimum Gasteiger partial charge on any atom is -0.465 e. The quantitative estimate of drug-likeness (QED) is 0.161. The Bertz CT molecular complexity index is 1940. The predicted octanol–water partition coefficient (Wildman–Crippen LogP) is 5.98. The Balaban J connectivity index is 0.000000326. The number of amides is 1. The molecule has 0 saturated heterocycles. The molecule has 0 aliphatic heterocycles. The number of H-pyrrole nitrogens is 2. The number of ether oxygens (including phenoxy) is 1. The summed E-state index contributed by atoms with van der Waals surface area (Å²) in [6.45, 7) is 6.50. The predicted molar refractivity (Wildman–Crippen MR) is 179 cm³/mol. The van der Waals surface area contributed by atoms with E-state index in [1.807, 2.05) is 19.3 Å². The first-order valence-electron chi connectivity index (χ1n) is 17.3. The second-order valence-corrected chi connectivity index (χ2v) is 14.2. The number of carboxylic acid groups (broad SMARTS) is 1.